The van der Waals surface area contributed by atoms with Gasteiger partial charge < -0.3 is 5.32 Å². The summed E-state index contributed by atoms with van der Waals surface area (Å²) in [6.07, 6.45) is 5.46. The van der Waals surface area contributed by atoms with Crippen molar-refractivity contribution in [1.82, 2.24) is 5.32 Å². The van der Waals surface area contributed by atoms with Gasteiger partial charge in [0, 0.05) is 10.5 Å². The van der Waals surface area contributed by atoms with Crippen LogP contribution in [0.1, 0.15) is 38.7 Å². The first-order chi connectivity index (χ1) is 8.65. The number of benzene rings is 1. The molecule has 0 bridgehead atoms. The molecule has 0 radical (unpaired) electrons. The van der Waals surface area contributed by atoms with E-state index in [9.17, 15) is 0 Å². The molecule has 1 fully saturated rings. The maximum Gasteiger partial charge on any atom is 0.0175 e. The van der Waals surface area contributed by atoms with E-state index in [1.807, 2.05) is 0 Å². The highest BCUT2D eigenvalue weighted by molar-refractivity contribution is 9.10. The number of hydrogen-bond acceptors (Lipinski definition) is 1. The zero-order chi connectivity index (χ0) is 13.0. The molecule has 2 atom stereocenters. The highest BCUT2D eigenvalue weighted by Crippen LogP contribution is 2.34. The maximum absolute atomic E-state index is 3.60. The van der Waals surface area contributed by atoms with Crippen LogP contribution in [0, 0.1) is 11.8 Å². The summed E-state index contributed by atoms with van der Waals surface area (Å²) in [5.74, 6) is 1.74. The van der Waals surface area contributed by atoms with E-state index in [2.05, 4.69) is 59.4 Å². The maximum atomic E-state index is 3.60. The van der Waals surface area contributed by atoms with Gasteiger partial charge in [-0.15, -0.1) is 0 Å². The molecule has 1 aliphatic rings. The molecule has 1 aromatic rings. The predicted molar refractivity (Wildman–Crippen MR) is 81.8 cm³/mol. The fourth-order valence-electron chi connectivity index (χ4n) is 2.96. The molecule has 0 heterocycles. The lowest BCUT2D eigenvalue weighted by molar-refractivity contribution is 0.354. The quantitative estimate of drug-likeness (QED) is 0.849. The molecule has 0 saturated heterocycles. The number of rotatable bonds is 5. The van der Waals surface area contributed by atoms with Crippen LogP contribution in [-0.4, -0.2) is 12.6 Å². The van der Waals surface area contributed by atoms with Crippen molar-refractivity contribution in [3.63, 3.8) is 0 Å². The van der Waals surface area contributed by atoms with Crippen molar-refractivity contribution in [3.05, 3.63) is 34.3 Å². The lowest BCUT2D eigenvalue weighted by Crippen LogP contribution is -2.31. The second kappa shape index (κ2) is 6.72. The van der Waals surface area contributed by atoms with Gasteiger partial charge in [0.1, 0.15) is 0 Å². The van der Waals surface area contributed by atoms with Gasteiger partial charge in [-0.2, -0.15) is 0 Å². The van der Waals surface area contributed by atoms with Crippen molar-refractivity contribution in [3.8, 4) is 0 Å². The van der Waals surface area contributed by atoms with E-state index < -0.39 is 0 Å². The smallest absolute Gasteiger partial charge is 0.0175 e. The van der Waals surface area contributed by atoms with Crippen molar-refractivity contribution in [2.24, 2.45) is 11.8 Å². The van der Waals surface area contributed by atoms with E-state index in [0.29, 0.717) is 6.04 Å². The van der Waals surface area contributed by atoms with Crippen molar-refractivity contribution < 1.29 is 0 Å². The summed E-state index contributed by atoms with van der Waals surface area (Å²) in [7, 11) is 0. The van der Waals surface area contributed by atoms with Crippen molar-refractivity contribution in [1.29, 1.82) is 0 Å². The Balaban J connectivity index is 1.89. The minimum atomic E-state index is 0.610. The fraction of sp³-hybridized carbons (Fsp3) is 0.625. The highest BCUT2D eigenvalue weighted by atomic mass is 79.9. The lowest BCUT2D eigenvalue weighted by Gasteiger charge is -2.21. The van der Waals surface area contributed by atoms with Gasteiger partial charge in [-0.3, -0.25) is 0 Å². The number of nitrogens with one attached hydrogen (secondary N) is 1. The van der Waals surface area contributed by atoms with Crippen LogP contribution in [0.4, 0.5) is 0 Å². The van der Waals surface area contributed by atoms with E-state index >= 15 is 0 Å². The van der Waals surface area contributed by atoms with E-state index in [0.717, 1.165) is 11.8 Å². The van der Waals surface area contributed by atoms with Crippen LogP contribution < -0.4 is 5.32 Å². The zero-order valence-electron chi connectivity index (χ0n) is 11.5. The van der Waals surface area contributed by atoms with Gasteiger partial charge in [-0.05, 0) is 55.3 Å². The third kappa shape index (κ3) is 4.10. The Morgan fingerprint density at radius 3 is 2.50 bits per heavy atom. The molecule has 1 nitrogen and oxygen atoms in total. The van der Waals surface area contributed by atoms with Crippen LogP contribution in [0.25, 0.3) is 0 Å². The third-order valence-corrected chi connectivity index (χ3v) is 4.54. The molecule has 0 amide bonds. The predicted octanol–water partition coefficient (Wildman–Crippen LogP) is 4.41. The van der Waals surface area contributed by atoms with Gasteiger partial charge in [-0.1, -0.05) is 48.3 Å². The molecular formula is C16H24BrN. The molecule has 0 aromatic heterocycles. The molecule has 0 aliphatic heterocycles. The second-order valence-electron chi connectivity index (χ2n) is 5.84. The van der Waals surface area contributed by atoms with E-state index in [1.165, 1.54) is 42.3 Å². The summed E-state index contributed by atoms with van der Waals surface area (Å²) in [6, 6.07) is 9.45. The first-order valence-corrected chi connectivity index (χ1v) is 7.92. The molecule has 1 N–H and O–H groups in total. The molecule has 1 saturated carbocycles. The summed E-state index contributed by atoms with van der Waals surface area (Å²) in [4.78, 5) is 0. The second-order valence-corrected chi connectivity index (χ2v) is 6.76. The van der Waals surface area contributed by atoms with Gasteiger partial charge >= 0.3 is 0 Å². The zero-order valence-corrected chi connectivity index (χ0v) is 13.0. The highest BCUT2D eigenvalue weighted by Gasteiger charge is 2.26. The minimum Gasteiger partial charge on any atom is -0.314 e. The normalized spacial score (nSPS) is 23.8. The number of halogens is 1. The van der Waals surface area contributed by atoms with E-state index in [-0.39, 0.29) is 0 Å². The largest absolute Gasteiger partial charge is 0.314 e. The minimum absolute atomic E-state index is 0.610. The molecule has 2 heteroatoms. The monoisotopic (exact) mass is 309 g/mol. The third-order valence-electron chi connectivity index (χ3n) is 4.02. The SMILES string of the molecule is CC(C)NCC1CCCC1Cc1ccc(Br)cc1. The van der Waals surface area contributed by atoms with Gasteiger partial charge in [0.05, 0.1) is 0 Å². The van der Waals surface area contributed by atoms with Crippen molar-refractivity contribution in [2.75, 3.05) is 6.54 Å². The average Bonchev–Trinajstić information content (AvgIpc) is 2.77. The van der Waals surface area contributed by atoms with Crippen LogP contribution in [0.15, 0.2) is 28.7 Å². The van der Waals surface area contributed by atoms with Crippen molar-refractivity contribution >= 4 is 15.9 Å². The summed E-state index contributed by atoms with van der Waals surface area (Å²) < 4.78 is 1.18. The Hall–Kier alpha value is -0.340. The standard InChI is InChI=1S/C16H24BrN/c1-12(2)18-11-15-5-3-4-14(15)10-13-6-8-16(17)9-7-13/h6-9,12,14-15,18H,3-5,10-11H2,1-2H3. The van der Waals surface area contributed by atoms with Gasteiger partial charge in [0.2, 0.25) is 0 Å². The summed E-state index contributed by atoms with van der Waals surface area (Å²) in [5, 5.41) is 3.60. The summed E-state index contributed by atoms with van der Waals surface area (Å²) in [6.45, 7) is 5.66. The van der Waals surface area contributed by atoms with Gasteiger partial charge in [-0.25, -0.2) is 0 Å². The van der Waals surface area contributed by atoms with Crippen LogP contribution in [0.2, 0.25) is 0 Å². The Kier molecular flexibility index (Phi) is 5.25. The van der Waals surface area contributed by atoms with Crippen LogP contribution >= 0.6 is 15.9 Å². The van der Waals surface area contributed by atoms with E-state index in [4.69, 9.17) is 0 Å². The molecule has 1 aromatic carbocycles. The van der Waals surface area contributed by atoms with Crippen molar-refractivity contribution in [2.45, 2.75) is 45.6 Å². The Bertz CT molecular complexity index is 358. The van der Waals surface area contributed by atoms with Crippen LogP contribution in [0.5, 0.6) is 0 Å². The van der Waals surface area contributed by atoms with Crippen LogP contribution in [0.3, 0.4) is 0 Å². The molecule has 1 aliphatic carbocycles. The molecule has 100 valence electrons. The van der Waals surface area contributed by atoms with Crippen LogP contribution in [-0.2, 0) is 6.42 Å². The first-order valence-electron chi connectivity index (χ1n) is 7.13. The molecular weight excluding hydrogens is 286 g/mol. The van der Waals surface area contributed by atoms with Gasteiger partial charge in [0.15, 0.2) is 0 Å². The van der Waals surface area contributed by atoms with E-state index in [1.54, 1.807) is 0 Å². The summed E-state index contributed by atoms with van der Waals surface area (Å²) in [5.41, 5.74) is 1.49. The molecule has 2 rings (SSSR count). The fourth-order valence-corrected chi connectivity index (χ4v) is 3.23. The topological polar surface area (TPSA) is 12.0 Å². The Morgan fingerprint density at radius 2 is 1.83 bits per heavy atom. The molecule has 0 spiro atoms. The molecule has 2 unspecified atom stereocenters. The molecule has 18 heavy (non-hydrogen) atoms. The Morgan fingerprint density at radius 1 is 1.17 bits per heavy atom. The first kappa shape index (κ1) is 14.1. The lowest BCUT2D eigenvalue weighted by atomic mass is 9.89. The Labute approximate surface area is 119 Å². The summed E-state index contributed by atoms with van der Waals surface area (Å²) >= 11 is 3.50. The average molecular weight is 310 g/mol. The number of hydrogen-bond donors (Lipinski definition) is 1. The van der Waals surface area contributed by atoms with Gasteiger partial charge in [0.25, 0.3) is 0 Å².